The van der Waals surface area contributed by atoms with Gasteiger partial charge < -0.3 is 38.5 Å². The Hall–Kier alpha value is -3.02. The van der Waals surface area contributed by atoms with Crippen LogP contribution in [0.15, 0.2) is 34.0 Å². The molecular formula is C46H86N12O4. The molecule has 0 aromatic carbocycles. The molecule has 16 nitrogen and oxygen atoms in total. The molecule has 0 aromatic rings. The van der Waals surface area contributed by atoms with E-state index in [1.807, 2.05) is 10.5 Å². The van der Waals surface area contributed by atoms with Gasteiger partial charge in [0.15, 0.2) is 23.2 Å². The molecule has 0 radical (unpaired) electrons. The summed E-state index contributed by atoms with van der Waals surface area (Å²) in [6, 6.07) is 1.14. The van der Waals surface area contributed by atoms with Crippen molar-refractivity contribution in [1.29, 1.82) is 0 Å². The minimum atomic E-state index is -0.541. The van der Waals surface area contributed by atoms with Crippen LogP contribution in [0, 0.1) is 0 Å². The first kappa shape index (κ1) is 48.4. The fraction of sp³-hybridized carbons (Fsp3) is 0.870. The van der Waals surface area contributed by atoms with E-state index >= 15 is 0 Å². The van der Waals surface area contributed by atoms with E-state index in [9.17, 15) is 0 Å². The van der Waals surface area contributed by atoms with Crippen molar-refractivity contribution in [2.24, 2.45) is 10.2 Å². The largest absolute Gasteiger partial charge is 0.350 e. The Labute approximate surface area is 375 Å². The molecule has 6 heterocycles. The summed E-state index contributed by atoms with van der Waals surface area (Å²) < 4.78 is 25.1. The number of hydrazone groups is 2. The van der Waals surface area contributed by atoms with Gasteiger partial charge in [-0.05, 0) is 124 Å². The van der Waals surface area contributed by atoms with Gasteiger partial charge in [0, 0.05) is 97.2 Å². The Morgan fingerprint density at radius 3 is 1.08 bits per heavy atom. The second-order valence-electron chi connectivity index (χ2n) is 22.1. The highest BCUT2D eigenvalue weighted by Crippen LogP contribution is 2.50. The first-order valence-corrected chi connectivity index (χ1v) is 23.8. The second kappa shape index (κ2) is 18.5. The number of likely N-dealkylation sites (tertiary alicyclic amines) is 2. The van der Waals surface area contributed by atoms with Gasteiger partial charge in [-0.1, -0.05) is 12.8 Å². The van der Waals surface area contributed by atoms with Crippen LogP contribution in [-0.4, -0.2) is 139 Å². The van der Waals surface area contributed by atoms with Crippen LogP contribution in [0.25, 0.3) is 0 Å². The van der Waals surface area contributed by atoms with Crippen LogP contribution in [0.3, 0.4) is 0 Å². The average Bonchev–Trinajstić information content (AvgIpc) is 3.74. The lowest BCUT2D eigenvalue weighted by Crippen LogP contribution is -2.68. The van der Waals surface area contributed by atoms with E-state index < -0.39 is 11.6 Å². The summed E-state index contributed by atoms with van der Waals surface area (Å²) in [5, 5.41) is 13.9. The van der Waals surface area contributed by atoms with E-state index in [1.54, 1.807) is 0 Å². The minimum absolute atomic E-state index is 0.242. The number of hydrogen-bond donors (Lipinski definition) is 4. The van der Waals surface area contributed by atoms with Crippen molar-refractivity contribution in [2.75, 3.05) is 39.5 Å². The number of rotatable bonds is 15. The number of nitrogens with one attached hydrogen (secondary N) is 4. The van der Waals surface area contributed by atoms with Gasteiger partial charge in [0.2, 0.25) is 0 Å². The molecule has 0 aromatic heterocycles. The highest BCUT2D eigenvalue weighted by atomic mass is 16.7. The predicted octanol–water partition coefficient (Wildman–Crippen LogP) is 6.54. The molecule has 6 rings (SSSR count). The first-order valence-electron chi connectivity index (χ1n) is 23.8. The molecule has 0 atom stereocenters. The average molecular weight is 871 g/mol. The number of nitrogens with zero attached hydrogens (tertiary/aromatic N) is 8. The van der Waals surface area contributed by atoms with E-state index in [0.717, 1.165) is 87.8 Å². The molecule has 0 amide bonds. The number of hydrazine groups is 4. The van der Waals surface area contributed by atoms with E-state index in [0.29, 0.717) is 26.4 Å². The van der Waals surface area contributed by atoms with Crippen molar-refractivity contribution in [3.63, 3.8) is 0 Å². The van der Waals surface area contributed by atoms with E-state index in [2.05, 4.69) is 164 Å². The van der Waals surface area contributed by atoms with Crippen LogP contribution >= 0.6 is 0 Å². The number of ether oxygens (including phenoxy) is 4. The summed E-state index contributed by atoms with van der Waals surface area (Å²) in [6.07, 6.45) is 11.8. The Morgan fingerprint density at radius 1 is 0.516 bits per heavy atom. The third kappa shape index (κ3) is 10.6. The second-order valence-corrected chi connectivity index (χ2v) is 22.1. The lowest BCUT2D eigenvalue weighted by atomic mass is 9.76. The molecule has 62 heavy (non-hydrogen) atoms. The number of unbranched alkanes of at least 4 members (excludes halogenated alkanes) is 3. The van der Waals surface area contributed by atoms with Crippen LogP contribution in [0.2, 0.25) is 0 Å². The van der Waals surface area contributed by atoms with Gasteiger partial charge in [-0.25, -0.2) is 0 Å². The Balaban J connectivity index is 1.05. The van der Waals surface area contributed by atoms with E-state index in [-0.39, 0.29) is 46.3 Å². The van der Waals surface area contributed by atoms with Gasteiger partial charge in [-0.15, -0.1) is 20.7 Å². The molecule has 0 aliphatic carbocycles. The molecule has 6 aliphatic rings. The number of hydrogen-bond acceptors (Lipinski definition) is 16. The van der Waals surface area contributed by atoms with Crippen LogP contribution in [-0.2, 0) is 18.9 Å². The lowest BCUT2D eigenvalue weighted by molar-refractivity contribution is -0.235. The molecule has 4 fully saturated rings. The molecule has 0 bridgehead atoms. The summed E-state index contributed by atoms with van der Waals surface area (Å²) in [7, 11) is 0. The smallest absolute Gasteiger partial charge is 0.172 e. The van der Waals surface area contributed by atoms with E-state index in [4.69, 9.17) is 29.2 Å². The molecule has 0 unspecified atom stereocenters. The van der Waals surface area contributed by atoms with Gasteiger partial charge in [-0.2, -0.15) is 10.9 Å². The zero-order valence-electron chi connectivity index (χ0n) is 41.6. The molecule has 6 aliphatic heterocycles. The van der Waals surface area contributed by atoms with Crippen LogP contribution in [0.4, 0.5) is 0 Å². The summed E-state index contributed by atoms with van der Waals surface area (Å²) in [5.41, 5.74) is 13.6. The molecule has 0 saturated carbocycles. The van der Waals surface area contributed by atoms with Gasteiger partial charge >= 0.3 is 0 Å². The van der Waals surface area contributed by atoms with E-state index in [1.165, 1.54) is 0 Å². The van der Waals surface area contributed by atoms with Crippen molar-refractivity contribution < 1.29 is 18.9 Å². The molecule has 16 heteroatoms. The normalized spacial score (nSPS) is 24.8. The van der Waals surface area contributed by atoms with Crippen LogP contribution in [0.1, 0.15) is 162 Å². The summed E-state index contributed by atoms with van der Waals surface area (Å²) >= 11 is 0. The Kier molecular flexibility index (Phi) is 14.4. The zero-order chi connectivity index (χ0) is 45.5. The Bertz CT molecular complexity index is 1480. The van der Waals surface area contributed by atoms with Gasteiger partial charge in [0.25, 0.3) is 0 Å². The zero-order valence-corrected chi connectivity index (χ0v) is 41.6. The van der Waals surface area contributed by atoms with Crippen LogP contribution < -0.4 is 21.7 Å². The third-order valence-electron chi connectivity index (χ3n) is 13.1. The molecule has 354 valence electrons. The van der Waals surface area contributed by atoms with Crippen molar-refractivity contribution in [2.45, 2.75) is 220 Å². The third-order valence-corrected chi connectivity index (χ3v) is 13.1. The van der Waals surface area contributed by atoms with Crippen molar-refractivity contribution in [1.82, 2.24) is 51.8 Å². The minimum Gasteiger partial charge on any atom is -0.350 e. The van der Waals surface area contributed by atoms with Crippen molar-refractivity contribution >= 4 is 11.7 Å². The Morgan fingerprint density at radius 2 is 0.806 bits per heavy atom. The van der Waals surface area contributed by atoms with Crippen LogP contribution in [0.5, 0.6) is 0 Å². The molecule has 4 saturated heterocycles. The SMILES string of the molecule is CC(C)N(C1=NN(NCCCCCCNN2N=C(N(C(C)C)C(C)C)C=C(N3C(C)(C)CC4(CC3(C)C)OCCO4)N2)NC(N2C(C)(C)CC3(CC2(C)C)OCCO3)=C1)C(C)C. The monoisotopic (exact) mass is 871 g/mol. The highest BCUT2D eigenvalue weighted by molar-refractivity contribution is 5.94. The number of piperidine rings is 2. The predicted molar refractivity (Wildman–Crippen MR) is 247 cm³/mol. The fourth-order valence-corrected chi connectivity index (χ4v) is 12.1. The maximum atomic E-state index is 6.27. The van der Waals surface area contributed by atoms with Crippen molar-refractivity contribution in [3.8, 4) is 0 Å². The summed E-state index contributed by atoms with van der Waals surface area (Å²) in [4.78, 5) is 9.79. The molecular weight excluding hydrogens is 785 g/mol. The summed E-state index contributed by atoms with van der Waals surface area (Å²) in [6.45, 7) is 40.4. The fourth-order valence-electron chi connectivity index (χ4n) is 12.1. The van der Waals surface area contributed by atoms with Gasteiger partial charge in [-0.3, -0.25) is 10.9 Å². The quantitative estimate of drug-likeness (QED) is 0.133. The van der Waals surface area contributed by atoms with Crippen molar-refractivity contribution in [3.05, 3.63) is 23.8 Å². The lowest BCUT2D eigenvalue weighted by Gasteiger charge is -2.59. The topological polar surface area (TPSA) is 129 Å². The maximum Gasteiger partial charge on any atom is 0.172 e. The highest BCUT2D eigenvalue weighted by Gasteiger charge is 2.58. The first-order chi connectivity index (χ1) is 28.9. The standard InChI is InChI=1S/C46H86N12O4/c1-33(2)53(34(3)4)37-27-39(55-41(9,10)29-45(30-42(55,11)12)59-23-24-60-45)51-57(49-37)47-21-19-17-18-20-22-48-58-50-38(54(35(5)6)36(7)8)28-40(52-58)56-43(13,14)31-46(32-44(56,15)16)61-25-26-62-46/h27-28,33-36,47-48,51-52H,17-26,29-32H2,1-16H3. The molecule has 2 spiro atoms. The summed E-state index contributed by atoms with van der Waals surface area (Å²) in [5.74, 6) is 2.85. The van der Waals surface area contributed by atoms with Gasteiger partial charge in [0.1, 0.15) is 11.6 Å². The maximum absolute atomic E-state index is 6.27. The van der Waals surface area contributed by atoms with Gasteiger partial charge in [0.05, 0.1) is 26.4 Å². The number of amidine groups is 2. The molecule has 4 N–H and O–H groups in total.